The van der Waals surface area contributed by atoms with E-state index in [1.807, 2.05) is 0 Å². The summed E-state index contributed by atoms with van der Waals surface area (Å²) in [6, 6.07) is 21.9. The molecule has 2 aromatic rings. The molecule has 132 valence electrons. The van der Waals surface area contributed by atoms with Gasteiger partial charge in [0.2, 0.25) is 0 Å². The Morgan fingerprint density at radius 3 is 1.84 bits per heavy atom. The molecule has 3 rings (SSSR count). The number of carboxylic acids is 1. The molecule has 0 spiro atoms. The van der Waals surface area contributed by atoms with Gasteiger partial charge in [-0.1, -0.05) is 60.7 Å². The van der Waals surface area contributed by atoms with Gasteiger partial charge in [0.05, 0.1) is 5.92 Å². The van der Waals surface area contributed by atoms with E-state index < -0.39 is 5.97 Å². The molecule has 2 N–H and O–H groups in total. The fraction of sp³-hybridized carbons (Fsp3) is 0.409. The number of rotatable bonds is 6. The number of nitrogens with one attached hydrogen (secondary N) is 1. The zero-order valence-electron chi connectivity index (χ0n) is 14.8. The van der Waals surface area contributed by atoms with E-state index in [1.54, 1.807) is 0 Å². The molecule has 25 heavy (non-hydrogen) atoms. The van der Waals surface area contributed by atoms with Crippen molar-refractivity contribution in [2.45, 2.75) is 50.6 Å². The lowest BCUT2D eigenvalue weighted by atomic mass is 9.82. The molecule has 1 aliphatic carbocycles. The Morgan fingerprint density at radius 2 is 1.40 bits per heavy atom. The van der Waals surface area contributed by atoms with Crippen molar-refractivity contribution in [1.29, 1.82) is 0 Å². The highest BCUT2D eigenvalue weighted by molar-refractivity contribution is 5.70. The van der Waals surface area contributed by atoms with Crippen molar-refractivity contribution in [2.75, 3.05) is 0 Å². The molecule has 1 atom stereocenters. The average Bonchev–Trinajstić information content (AvgIpc) is 2.64. The summed E-state index contributed by atoms with van der Waals surface area (Å²) in [5.41, 5.74) is 2.63. The predicted octanol–water partition coefficient (Wildman–Crippen LogP) is 4.44. The summed E-state index contributed by atoms with van der Waals surface area (Å²) in [7, 11) is 0. The zero-order chi connectivity index (χ0) is 17.6. The van der Waals surface area contributed by atoms with Crippen LogP contribution in [-0.4, -0.2) is 23.2 Å². The molecule has 3 heteroatoms. The van der Waals surface area contributed by atoms with Gasteiger partial charge in [0.15, 0.2) is 0 Å². The molecule has 0 saturated heterocycles. The Bertz CT molecular complexity index is 623. The SMILES string of the molecule is CC(NC1CCC(C(=O)O)CC1)C(c1ccccc1)c1ccccc1. The fourth-order valence-electron chi connectivity index (χ4n) is 4.07. The lowest BCUT2D eigenvalue weighted by molar-refractivity contribution is -0.142. The smallest absolute Gasteiger partial charge is 0.306 e. The van der Waals surface area contributed by atoms with Crippen LogP contribution in [0.3, 0.4) is 0 Å². The molecule has 2 aromatic carbocycles. The quantitative estimate of drug-likeness (QED) is 0.819. The van der Waals surface area contributed by atoms with Crippen LogP contribution in [0, 0.1) is 5.92 Å². The predicted molar refractivity (Wildman–Crippen MR) is 101 cm³/mol. The molecule has 1 aliphatic rings. The maximum atomic E-state index is 11.1. The van der Waals surface area contributed by atoms with E-state index in [1.165, 1.54) is 11.1 Å². The molecule has 0 heterocycles. The first-order chi connectivity index (χ1) is 12.1. The van der Waals surface area contributed by atoms with Crippen LogP contribution in [-0.2, 0) is 4.79 Å². The first-order valence-electron chi connectivity index (χ1n) is 9.24. The number of aliphatic carboxylic acids is 1. The van der Waals surface area contributed by atoms with E-state index >= 15 is 0 Å². The number of carbonyl (C=O) groups is 1. The van der Waals surface area contributed by atoms with Crippen LogP contribution in [0.25, 0.3) is 0 Å². The fourth-order valence-corrected chi connectivity index (χ4v) is 4.07. The van der Waals surface area contributed by atoms with Crippen molar-refractivity contribution in [1.82, 2.24) is 5.32 Å². The highest BCUT2D eigenvalue weighted by Crippen LogP contribution is 2.30. The monoisotopic (exact) mass is 337 g/mol. The summed E-state index contributed by atoms with van der Waals surface area (Å²) >= 11 is 0. The molecular formula is C22H27NO2. The van der Waals surface area contributed by atoms with Crippen molar-refractivity contribution < 1.29 is 9.90 Å². The maximum Gasteiger partial charge on any atom is 0.306 e. The second kappa shape index (κ2) is 8.30. The maximum absolute atomic E-state index is 11.1. The topological polar surface area (TPSA) is 49.3 Å². The van der Waals surface area contributed by atoms with Gasteiger partial charge >= 0.3 is 5.97 Å². The van der Waals surface area contributed by atoms with Gasteiger partial charge in [-0.05, 0) is 43.7 Å². The van der Waals surface area contributed by atoms with Gasteiger partial charge in [-0.25, -0.2) is 0 Å². The molecule has 0 aromatic heterocycles. The number of hydrogen-bond acceptors (Lipinski definition) is 2. The average molecular weight is 337 g/mol. The molecule has 3 nitrogen and oxygen atoms in total. The summed E-state index contributed by atoms with van der Waals surface area (Å²) in [6.45, 7) is 2.24. The van der Waals surface area contributed by atoms with Crippen molar-refractivity contribution >= 4 is 5.97 Å². The Hall–Kier alpha value is -2.13. The van der Waals surface area contributed by atoms with Crippen LogP contribution in [0.15, 0.2) is 60.7 Å². The first kappa shape index (κ1) is 17.7. The molecule has 1 unspecified atom stereocenters. The standard InChI is InChI=1S/C22H27NO2/c1-16(23-20-14-12-19(13-15-20)22(24)25)21(17-8-4-2-5-9-17)18-10-6-3-7-11-18/h2-11,16,19-21,23H,12-15H2,1H3,(H,24,25). The third-order valence-corrected chi connectivity index (χ3v) is 5.39. The van der Waals surface area contributed by atoms with Crippen molar-refractivity contribution in [3.63, 3.8) is 0 Å². The van der Waals surface area contributed by atoms with Gasteiger partial charge in [-0.2, -0.15) is 0 Å². The minimum atomic E-state index is -0.641. The van der Waals surface area contributed by atoms with Gasteiger partial charge in [0.1, 0.15) is 0 Å². The second-order valence-electron chi connectivity index (χ2n) is 7.14. The summed E-state index contributed by atoms with van der Waals surface area (Å²) in [6.07, 6.45) is 3.44. The molecule has 0 amide bonds. The van der Waals surface area contributed by atoms with Crippen molar-refractivity contribution in [3.8, 4) is 0 Å². The summed E-state index contributed by atoms with van der Waals surface area (Å²) < 4.78 is 0. The molecule has 0 aliphatic heterocycles. The molecule has 1 fully saturated rings. The normalized spacial score (nSPS) is 21.8. The second-order valence-corrected chi connectivity index (χ2v) is 7.14. The van der Waals surface area contributed by atoms with Crippen LogP contribution in [0.4, 0.5) is 0 Å². The molecule has 0 radical (unpaired) electrons. The zero-order valence-corrected chi connectivity index (χ0v) is 14.8. The van der Waals surface area contributed by atoms with Gasteiger partial charge in [0, 0.05) is 18.0 Å². The van der Waals surface area contributed by atoms with E-state index in [0.29, 0.717) is 12.0 Å². The van der Waals surface area contributed by atoms with E-state index in [-0.39, 0.29) is 12.0 Å². The molecule has 1 saturated carbocycles. The Kier molecular flexibility index (Phi) is 5.87. The highest BCUT2D eigenvalue weighted by atomic mass is 16.4. The van der Waals surface area contributed by atoms with Gasteiger partial charge in [-0.3, -0.25) is 4.79 Å². The third-order valence-electron chi connectivity index (χ3n) is 5.39. The van der Waals surface area contributed by atoms with Crippen LogP contribution < -0.4 is 5.32 Å². The van der Waals surface area contributed by atoms with E-state index in [0.717, 1.165) is 25.7 Å². The molecule has 0 bridgehead atoms. The van der Waals surface area contributed by atoms with Crippen LogP contribution in [0.1, 0.15) is 49.7 Å². The third kappa shape index (κ3) is 4.49. The largest absolute Gasteiger partial charge is 0.481 e. The lowest BCUT2D eigenvalue weighted by Crippen LogP contribution is -2.43. The Balaban J connectivity index is 1.72. The summed E-state index contributed by atoms with van der Waals surface area (Å²) in [4.78, 5) is 11.1. The van der Waals surface area contributed by atoms with Gasteiger partial charge < -0.3 is 10.4 Å². The lowest BCUT2D eigenvalue weighted by Gasteiger charge is -2.33. The van der Waals surface area contributed by atoms with Gasteiger partial charge in [0.25, 0.3) is 0 Å². The molecular weight excluding hydrogens is 310 g/mol. The van der Waals surface area contributed by atoms with Gasteiger partial charge in [-0.15, -0.1) is 0 Å². The van der Waals surface area contributed by atoms with Crippen LogP contribution in [0.2, 0.25) is 0 Å². The van der Waals surface area contributed by atoms with Crippen molar-refractivity contribution in [2.24, 2.45) is 5.92 Å². The van der Waals surface area contributed by atoms with E-state index in [9.17, 15) is 9.90 Å². The van der Waals surface area contributed by atoms with Crippen LogP contribution >= 0.6 is 0 Å². The van der Waals surface area contributed by atoms with Crippen molar-refractivity contribution in [3.05, 3.63) is 71.8 Å². The Labute approximate surface area is 150 Å². The Morgan fingerprint density at radius 1 is 0.920 bits per heavy atom. The van der Waals surface area contributed by atoms with Crippen LogP contribution in [0.5, 0.6) is 0 Å². The van der Waals surface area contributed by atoms with E-state index in [2.05, 4.69) is 72.9 Å². The first-order valence-corrected chi connectivity index (χ1v) is 9.24. The number of hydrogen-bond donors (Lipinski definition) is 2. The number of carboxylic acid groups (broad SMARTS) is 1. The highest BCUT2D eigenvalue weighted by Gasteiger charge is 2.29. The summed E-state index contributed by atoms with van der Waals surface area (Å²) in [5, 5.41) is 13.0. The van der Waals surface area contributed by atoms with E-state index in [4.69, 9.17) is 0 Å². The number of benzene rings is 2. The minimum Gasteiger partial charge on any atom is -0.481 e. The summed E-state index contributed by atoms with van der Waals surface area (Å²) in [5.74, 6) is -0.509. The minimum absolute atomic E-state index is 0.160.